The van der Waals surface area contributed by atoms with E-state index >= 15 is 0 Å². The van der Waals surface area contributed by atoms with E-state index in [0.717, 1.165) is 51.6 Å². The Bertz CT molecular complexity index is 592. The maximum Gasteiger partial charge on any atom is 0.0635 e. The average molecular weight is 325 g/mol. The first-order valence-corrected chi connectivity index (χ1v) is 8.69. The van der Waals surface area contributed by atoms with Crippen LogP contribution in [-0.4, -0.2) is 51.3 Å². The summed E-state index contributed by atoms with van der Waals surface area (Å²) < 4.78 is 5.06. The summed E-state index contributed by atoms with van der Waals surface area (Å²) in [6.45, 7) is 7.02. The Hall–Kier alpha value is -2.04. The van der Waals surface area contributed by atoms with Crippen LogP contribution in [0.3, 0.4) is 0 Å². The maximum atomic E-state index is 5.06. The van der Waals surface area contributed by atoms with Gasteiger partial charge in [0.15, 0.2) is 0 Å². The van der Waals surface area contributed by atoms with Crippen LogP contribution in [0.25, 0.3) is 0 Å². The van der Waals surface area contributed by atoms with E-state index in [1.54, 1.807) is 7.11 Å². The number of anilines is 2. The van der Waals surface area contributed by atoms with Crippen LogP contribution in [0.1, 0.15) is 5.56 Å². The molecule has 1 aliphatic heterocycles. The molecule has 1 N–H and O–H groups in total. The number of ether oxygens (including phenoxy) is 1. The van der Waals surface area contributed by atoms with Crippen molar-refractivity contribution in [2.75, 3.05) is 56.7 Å². The molecule has 0 amide bonds. The number of hydrogen-bond acceptors (Lipinski definition) is 4. The lowest BCUT2D eigenvalue weighted by atomic mass is 10.2. The highest BCUT2D eigenvalue weighted by Crippen LogP contribution is 2.20. The molecule has 1 fully saturated rings. The van der Waals surface area contributed by atoms with Crippen molar-refractivity contribution in [2.24, 2.45) is 0 Å². The van der Waals surface area contributed by atoms with Crippen molar-refractivity contribution < 1.29 is 4.74 Å². The third-order valence-corrected chi connectivity index (χ3v) is 4.49. The van der Waals surface area contributed by atoms with E-state index in [4.69, 9.17) is 4.74 Å². The normalized spacial score (nSPS) is 15.5. The fourth-order valence-electron chi connectivity index (χ4n) is 3.09. The van der Waals surface area contributed by atoms with E-state index in [-0.39, 0.29) is 0 Å². The number of hydrogen-bond donors (Lipinski definition) is 1. The van der Waals surface area contributed by atoms with Crippen LogP contribution in [0, 0.1) is 0 Å². The Morgan fingerprint density at radius 2 is 1.62 bits per heavy atom. The quantitative estimate of drug-likeness (QED) is 0.792. The number of piperazine rings is 1. The summed E-state index contributed by atoms with van der Waals surface area (Å²) in [6, 6.07) is 19.5. The fraction of sp³-hybridized carbons (Fsp3) is 0.400. The molecule has 1 aliphatic rings. The van der Waals surface area contributed by atoms with Crippen LogP contribution in [0.15, 0.2) is 54.6 Å². The van der Waals surface area contributed by atoms with E-state index in [1.165, 1.54) is 11.3 Å². The second-order valence-electron chi connectivity index (χ2n) is 6.22. The summed E-state index contributed by atoms with van der Waals surface area (Å²) in [5.74, 6) is 0. The van der Waals surface area contributed by atoms with Crippen LogP contribution in [0.2, 0.25) is 0 Å². The monoisotopic (exact) mass is 325 g/mol. The summed E-state index contributed by atoms with van der Waals surface area (Å²) in [5.41, 5.74) is 3.86. The molecule has 1 saturated heterocycles. The minimum Gasteiger partial charge on any atom is -0.383 e. The molecule has 0 unspecified atom stereocenters. The second-order valence-corrected chi connectivity index (χ2v) is 6.22. The Labute approximate surface area is 145 Å². The molecule has 0 aliphatic carbocycles. The number of nitrogens with zero attached hydrogens (tertiary/aromatic N) is 2. The second kappa shape index (κ2) is 8.71. The first-order valence-electron chi connectivity index (χ1n) is 8.69. The van der Waals surface area contributed by atoms with E-state index in [1.807, 2.05) is 0 Å². The molecule has 128 valence electrons. The van der Waals surface area contributed by atoms with Gasteiger partial charge in [-0.3, -0.25) is 4.90 Å². The fourth-order valence-corrected chi connectivity index (χ4v) is 3.09. The number of benzene rings is 2. The van der Waals surface area contributed by atoms with Crippen LogP contribution < -0.4 is 10.2 Å². The van der Waals surface area contributed by atoms with Gasteiger partial charge in [-0.2, -0.15) is 0 Å². The summed E-state index contributed by atoms with van der Waals surface area (Å²) in [6.07, 6.45) is 0. The van der Waals surface area contributed by atoms with Gasteiger partial charge in [0, 0.05) is 57.8 Å². The first-order chi connectivity index (χ1) is 11.8. The van der Waals surface area contributed by atoms with Gasteiger partial charge in [-0.1, -0.05) is 30.3 Å². The predicted octanol–water partition coefficient (Wildman–Crippen LogP) is 3.07. The Balaban J connectivity index is 1.47. The molecular formula is C20H27N3O. The van der Waals surface area contributed by atoms with Gasteiger partial charge in [-0.25, -0.2) is 0 Å². The molecule has 0 atom stereocenters. The first kappa shape index (κ1) is 16.8. The summed E-state index contributed by atoms with van der Waals surface area (Å²) in [4.78, 5) is 5.01. The highest BCUT2D eigenvalue weighted by molar-refractivity contribution is 5.55. The zero-order valence-corrected chi connectivity index (χ0v) is 14.4. The largest absolute Gasteiger partial charge is 0.383 e. The molecule has 0 radical (unpaired) electrons. The highest BCUT2D eigenvalue weighted by atomic mass is 16.5. The molecule has 4 heteroatoms. The van der Waals surface area contributed by atoms with Crippen molar-refractivity contribution in [1.29, 1.82) is 0 Å². The lowest BCUT2D eigenvalue weighted by molar-refractivity contribution is 0.211. The molecule has 0 aromatic heterocycles. The van der Waals surface area contributed by atoms with E-state index in [0.29, 0.717) is 0 Å². The number of rotatable bonds is 7. The minimum absolute atomic E-state index is 0.727. The molecule has 24 heavy (non-hydrogen) atoms. The third-order valence-electron chi connectivity index (χ3n) is 4.49. The average Bonchev–Trinajstić information content (AvgIpc) is 2.64. The minimum atomic E-state index is 0.727. The summed E-state index contributed by atoms with van der Waals surface area (Å²) >= 11 is 0. The maximum absolute atomic E-state index is 5.06. The lowest BCUT2D eigenvalue weighted by Gasteiger charge is -2.36. The van der Waals surface area contributed by atoms with Gasteiger partial charge in [-0.05, 0) is 29.8 Å². The van der Waals surface area contributed by atoms with E-state index in [2.05, 4.69) is 69.7 Å². The third kappa shape index (κ3) is 4.73. The van der Waals surface area contributed by atoms with Crippen molar-refractivity contribution in [1.82, 2.24) is 4.90 Å². The van der Waals surface area contributed by atoms with Gasteiger partial charge in [0.2, 0.25) is 0 Å². The molecule has 0 saturated carbocycles. The zero-order valence-electron chi connectivity index (χ0n) is 14.4. The molecule has 0 spiro atoms. The molecule has 4 nitrogen and oxygen atoms in total. The van der Waals surface area contributed by atoms with Gasteiger partial charge >= 0.3 is 0 Å². The number of nitrogens with one attached hydrogen (secondary N) is 1. The Morgan fingerprint density at radius 1 is 0.917 bits per heavy atom. The molecule has 2 aromatic rings. The Morgan fingerprint density at radius 3 is 2.29 bits per heavy atom. The van der Waals surface area contributed by atoms with Crippen molar-refractivity contribution in [3.8, 4) is 0 Å². The summed E-state index contributed by atoms with van der Waals surface area (Å²) in [7, 11) is 1.72. The van der Waals surface area contributed by atoms with E-state index in [9.17, 15) is 0 Å². The van der Waals surface area contributed by atoms with Crippen LogP contribution >= 0.6 is 0 Å². The van der Waals surface area contributed by atoms with Gasteiger partial charge in [0.1, 0.15) is 0 Å². The molecular weight excluding hydrogens is 298 g/mol. The molecule has 1 heterocycles. The van der Waals surface area contributed by atoms with Gasteiger partial charge in [-0.15, -0.1) is 0 Å². The lowest BCUT2D eigenvalue weighted by Crippen LogP contribution is -2.45. The molecule has 3 rings (SSSR count). The highest BCUT2D eigenvalue weighted by Gasteiger charge is 2.17. The van der Waals surface area contributed by atoms with Crippen molar-refractivity contribution in [3.63, 3.8) is 0 Å². The molecule has 0 bridgehead atoms. The topological polar surface area (TPSA) is 27.7 Å². The van der Waals surface area contributed by atoms with Gasteiger partial charge in [0.25, 0.3) is 0 Å². The van der Waals surface area contributed by atoms with Crippen molar-refractivity contribution in [2.45, 2.75) is 6.54 Å². The number of methoxy groups -OCH3 is 1. The van der Waals surface area contributed by atoms with Crippen LogP contribution in [0.5, 0.6) is 0 Å². The Kier molecular flexibility index (Phi) is 6.10. The molecule has 2 aromatic carbocycles. The van der Waals surface area contributed by atoms with Crippen molar-refractivity contribution >= 4 is 11.4 Å². The zero-order chi connectivity index (χ0) is 16.6. The van der Waals surface area contributed by atoms with E-state index < -0.39 is 0 Å². The van der Waals surface area contributed by atoms with Crippen LogP contribution in [0.4, 0.5) is 11.4 Å². The van der Waals surface area contributed by atoms with Gasteiger partial charge in [0.05, 0.1) is 6.61 Å². The smallest absolute Gasteiger partial charge is 0.0635 e. The predicted molar refractivity (Wildman–Crippen MR) is 101 cm³/mol. The SMILES string of the molecule is COCCNc1ccc(N2CCN(Cc3ccccc3)CC2)cc1. The van der Waals surface area contributed by atoms with Crippen molar-refractivity contribution in [3.05, 3.63) is 60.2 Å². The summed E-state index contributed by atoms with van der Waals surface area (Å²) in [5, 5.41) is 3.36. The van der Waals surface area contributed by atoms with Gasteiger partial charge < -0.3 is 15.0 Å². The standard InChI is InChI=1S/C20H27N3O/c1-24-16-11-21-19-7-9-20(10-8-19)23-14-12-22(13-15-23)17-18-5-3-2-4-6-18/h2-10,21H,11-17H2,1H3. The van der Waals surface area contributed by atoms with Crippen LogP contribution in [-0.2, 0) is 11.3 Å².